The summed E-state index contributed by atoms with van der Waals surface area (Å²) in [6.45, 7) is 14.8. The Bertz CT molecular complexity index is 1900. The van der Waals surface area contributed by atoms with Gasteiger partial charge in [0.05, 0.1) is 26.2 Å². The third-order valence-corrected chi connectivity index (χ3v) is 12.1. The van der Waals surface area contributed by atoms with Crippen LogP contribution in [0.3, 0.4) is 0 Å². The first-order valence-electron chi connectivity index (χ1n) is 25.1. The molecule has 0 fully saturated rings. The van der Waals surface area contributed by atoms with Crippen molar-refractivity contribution in [3.63, 3.8) is 0 Å². The fraction of sp³-hybridized carbons (Fsp3) is 0.776. The molecule has 0 aliphatic heterocycles. The summed E-state index contributed by atoms with van der Waals surface area (Å²) in [5.41, 5.74) is 3.36. The van der Waals surface area contributed by atoms with Crippen LogP contribution in [0.15, 0.2) is 0 Å². The smallest absolute Gasteiger partial charge is 0.326 e. The number of amides is 8. The maximum absolute atomic E-state index is 13.1. The minimum absolute atomic E-state index is 0.00337. The molecule has 26 heteroatoms. The van der Waals surface area contributed by atoms with Crippen molar-refractivity contribution in [1.82, 2.24) is 36.6 Å². The molecular weight excluding hydrogens is 1000 g/mol. The van der Waals surface area contributed by atoms with Gasteiger partial charge in [0.2, 0.25) is 47.3 Å². The third-order valence-electron chi connectivity index (χ3n) is 11.2. The van der Waals surface area contributed by atoms with Crippen LogP contribution in [0.1, 0.15) is 145 Å². The molecule has 0 aliphatic rings. The van der Waals surface area contributed by atoms with E-state index in [-0.39, 0.29) is 103 Å². The molecule has 0 saturated heterocycles. The number of carboxylic acid groups (broad SMARTS) is 3. The number of unbranched alkanes of at least 4 members (excludes halogenated alkanes) is 1. The van der Waals surface area contributed by atoms with Crippen molar-refractivity contribution >= 4 is 77.1 Å². The van der Waals surface area contributed by atoms with E-state index in [0.717, 1.165) is 0 Å². The van der Waals surface area contributed by atoms with Crippen LogP contribution in [0.25, 0.3) is 0 Å². The Balaban J connectivity index is 4.60. The second kappa shape index (κ2) is 35.6. The van der Waals surface area contributed by atoms with Crippen molar-refractivity contribution in [3.05, 3.63) is 0 Å². The summed E-state index contributed by atoms with van der Waals surface area (Å²) in [5.74, 6) is -7.31. The minimum Gasteiger partial charge on any atom is -0.481 e. The number of primary amides is 1. The average Bonchev–Trinajstić information content (AvgIpc) is 3.26. The average molecular weight is 1090 g/mol. The highest BCUT2D eigenvalue weighted by atomic mass is 32.2. The van der Waals surface area contributed by atoms with Crippen LogP contribution in [0, 0.1) is 21.7 Å². The Kier molecular flexibility index (Phi) is 33.0. The molecule has 430 valence electrons. The lowest BCUT2D eigenvalue weighted by molar-refractivity contribution is -0.143. The van der Waals surface area contributed by atoms with Gasteiger partial charge in [-0.25, -0.2) is 9.59 Å². The fourth-order valence-electron chi connectivity index (χ4n) is 8.61. The highest BCUT2D eigenvalue weighted by Crippen LogP contribution is 2.39. The van der Waals surface area contributed by atoms with Gasteiger partial charge in [-0.3, -0.25) is 43.2 Å². The number of rotatable bonds is 43. The highest BCUT2D eigenvalue weighted by molar-refractivity contribution is 7.97. The van der Waals surface area contributed by atoms with E-state index < -0.39 is 106 Å². The summed E-state index contributed by atoms with van der Waals surface area (Å²) in [6.07, 6.45) is 1.74. The van der Waals surface area contributed by atoms with E-state index in [9.17, 15) is 63.0 Å². The maximum Gasteiger partial charge on any atom is 0.326 e. The predicted molar refractivity (Wildman–Crippen MR) is 276 cm³/mol. The van der Waals surface area contributed by atoms with Gasteiger partial charge in [0, 0.05) is 57.5 Å². The lowest BCUT2D eigenvalue weighted by Gasteiger charge is -2.35. The first-order chi connectivity index (χ1) is 34.8. The van der Waals surface area contributed by atoms with Crippen molar-refractivity contribution in [2.24, 2.45) is 27.4 Å². The van der Waals surface area contributed by atoms with Gasteiger partial charge in [-0.05, 0) is 73.0 Å². The monoisotopic (exact) mass is 1090 g/mol. The predicted octanol–water partition coefficient (Wildman–Crippen LogP) is 0.885. The zero-order chi connectivity index (χ0) is 57.4. The van der Waals surface area contributed by atoms with Crippen LogP contribution in [0.4, 0.5) is 0 Å². The number of aliphatic hydroxyl groups is 1. The SMILES string of the molecule is CC(C)(CNC(=O)CCCSNC(=O)CC(C)(C)CC(C)(C)CC(=O)O)CC(C)(C)CC(=O)NC(CCC(=O)NC(CCC(=O)NCCOCCOCC(=O)NC(CCCCNC(=O)CO)C(N)=O)C(=O)O)C(=O)O. The van der Waals surface area contributed by atoms with E-state index >= 15 is 0 Å². The van der Waals surface area contributed by atoms with Gasteiger partial charge in [0.1, 0.15) is 31.3 Å². The summed E-state index contributed by atoms with van der Waals surface area (Å²) in [4.78, 5) is 133. The lowest BCUT2D eigenvalue weighted by atomic mass is 9.72. The van der Waals surface area contributed by atoms with Gasteiger partial charge in [0.15, 0.2) is 0 Å². The van der Waals surface area contributed by atoms with Crippen molar-refractivity contribution in [1.29, 1.82) is 0 Å². The maximum atomic E-state index is 13.1. The van der Waals surface area contributed by atoms with Crippen LogP contribution < -0.4 is 42.4 Å². The van der Waals surface area contributed by atoms with Crippen molar-refractivity contribution in [2.45, 2.75) is 163 Å². The van der Waals surface area contributed by atoms with E-state index in [1.807, 2.05) is 55.4 Å². The lowest BCUT2D eigenvalue weighted by Crippen LogP contribution is -2.45. The van der Waals surface area contributed by atoms with E-state index in [0.29, 0.717) is 44.4 Å². The Hall–Kier alpha value is -5.60. The quantitative estimate of drug-likeness (QED) is 0.0298. The Morgan fingerprint density at radius 3 is 1.59 bits per heavy atom. The fourth-order valence-corrected chi connectivity index (χ4v) is 9.23. The van der Waals surface area contributed by atoms with E-state index in [1.54, 1.807) is 0 Å². The number of ether oxygens (including phenoxy) is 2. The highest BCUT2D eigenvalue weighted by Gasteiger charge is 2.34. The number of nitrogens with one attached hydrogen (secondary N) is 7. The van der Waals surface area contributed by atoms with Crippen LogP contribution in [-0.4, -0.2) is 162 Å². The molecule has 0 saturated carbocycles. The number of carbonyl (C=O) groups excluding carboxylic acids is 8. The standard InChI is InChI=1S/C49H86N8O17S/c1-46(2,30-49(7,8)31-53-35(59)13-11-23-75-57-39(63)25-47(3,4)29-48(5,6)26-42(66)67)24-38(62)56-34(45(71)72)15-17-37(61)55-33(44(69)70)14-16-36(60)52-19-20-73-21-22-74-28-41(65)54-32(43(50)68)12-9-10-18-51-40(64)27-58/h32-34,58H,9-31H2,1-8H3,(H2,50,68)(H,51,64)(H,52,60)(H,53,59)(H,54,65)(H,55,61)(H,56,62)(H,57,63)(H,66,67)(H,69,70)(H,71,72). The second-order valence-corrected chi connectivity index (χ2v) is 22.6. The molecule has 0 spiro atoms. The van der Waals surface area contributed by atoms with Crippen LogP contribution >= 0.6 is 11.9 Å². The van der Waals surface area contributed by atoms with Gasteiger partial charge >= 0.3 is 17.9 Å². The molecule has 13 N–H and O–H groups in total. The molecule has 3 unspecified atom stereocenters. The number of hydrogen-bond donors (Lipinski definition) is 12. The molecule has 0 aromatic carbocycles. The summed E-state index contributed by atoms with van der Waals surface area (Å²) < 4.78 is 13.4. The zero-order valence-corrected chi connectivity index (χ0v) is 45.9. The number of hydrogen-bond acceptors (Lipinski definition) is 15. The van der Waals surface area contributed by atoms with Gasteiger partial charge < -0.3 is 72.3 Å². The Morgan fingerprint density at radius 1 is 0.507 bits per heavy atom. The molecule has 25 nitrogen and oxygen atoms in total. The zero-order valence-electron chi connectivity index (χ0n) is 45.1. The largest absolute Gasteiger partial charge is 0.481 e. The molecular formula is C49H86N8O17S. The van der Waals surface area contributed by atoms with E-state index in [1.165, 1.54) is 11.9 Å². The Labute approximate surface area is 444 Å². The van der Waals surface area contributed by atoms with Crippen molar-refractivity contribution < 1.29 is 82.6 Å². The summed E-state index contributed by atoms with van der Waals surface area (Å²) in [5, 5.41) is 52.5. The summed E-state index contributed by atoms with van der Waals surface area (Å²) in [7, 11) is 0. The van der Waals surface area contributed by atoms with Gasteiger partial charge in [-0.2, -0.15) is 0 Å². The molecule has 0 heterocycles. The van der Waals surface area contributed by atoms with Gasteiger partial charge in [-0.15, -0.1) is 0 Å². The number of carboxylic acids is 3. The molecule has 8 amide bonds. The molecule has 0 aromatic heterocycles. The van der Waals surface area contributed by atoms with E-state index in [2.05, 4.69) is 36.6 Å². The first kappa shape index (κ1) is 69.4. The Morgan fingerprint density at radius 2 is 1.01 bits per heavy atom. The van der Waals surface area contributed by atoms with Gasteiger partial charge in [-0.1, -0.05) is 67.3 Å². The number of aliphatic hydroxyl groups excluding tert-OH is 1. The minimum atomic E-state index is -1.47. The molecule has 0 rings (SSSR count). The normalized spacial score (nSPS) is 13.0. The second-order valence-electron chi connectivity index (χ2n) is 21.7. The van der Waals surface area contributed by atoms with Crippen LogP contribution in [-0.2, 0) is 62.2 Å². The van der Waals surface area contributed by atoms with E-state index in [4.69, 9.17) is 25.4 Å². The molecule has 3 atom stereocenters. The summed E-state index contributed by atoms with van der Waals surface area (Å²) >= 11 is 1.21. The van der Waals surface area contributed by atoms with Crippen LogP contribution in [0.2, 0.25) is 0 Å². The molecule has 0 aliphatic carbocycles. The number of aliphatic carboxylic acids is 3. The summed E-state index contributed by atoms with van der Waals surface area (Å²) in [6, 6.07) is -3.86. The topological polar surface area (TPSA) is 397 Å². The molecule has 0 radical (unpaired) electrons. The molecule has 0 aromatic rings. The van der Waals surface area contributed by atoms with Crippen molar-refractivity contribution in [3.8, 4) is 0 Å². The van der Waals surface area contributed by atoms with Crippen LogP contribution in [0.5, 0.6) is 0 Å². The van der Waals surface area contributed by atoms with Gasteiger partial charge in [0.25, 0.3) is 0 Å². The van der Waals surface area contributed by atoms with Crippen molar-refractivity contribution in [2.75, 3.05) is 58.4 Å². The first-order valence-corrected chi connectivity index (χ1v) is 26.1. The third kappa shape index (κ3) is 36.9. The number of nitrogens with two attached hydrogens (primary N) is 1. The molecule has 0 bridgehead atoms. The molecule has 75 heavy (non-hydrogen) atoms. The number of carbonyl (C=O) groups is 11.